The molecule has 0 aliphatic heterocycles. The molecule has 0 aromatic heterocycles. The average molecular weight is 220 g/mol. The number of hydrogen-bond donors (Lipinski definition) is 1. The first-order valence-electron chi connectivity index (χ1n) is 2.43. The molecule has 0 unspecified atom stereocenters. The molecule has 0 heterocycles. The van der Waals surface area contributed by atoms with Crippen LogP contribution in [0.2, 0.25) is 0 Å². The van der Waals surface area contributed by atoms with Crippen LogP contribution in [0.3, 0.4) is 0 Å². The van der Waals surface area contributed by atoms with Crippen molar-refractivity contribution < 1.29 is 34.7 Å². The molecule has 0 saturated carbocycles. The minimum atomic E-state index is -5.10. The molecular formula is C3H5F4LiO4S. The fraction of sp³-hybridized carbons (Fsp3) is 1.00. The van der Waals surface area contributed by atoms with E-state index < -0.39 is 29.4 Å². The van der Waals surface area contributed by atoms with Crippen LogP contribution < -0.4 is 0 Å². The molecule has 13 heavy (non-hydrogen) atoms. The van der Waals surface area contributed by atoms with Crippen LogP contribution in [-0.2, 0) is 14.6 Å². The van der Waals surface area contributed by atoms with Gasteiger partial charge >= 0.3 is 41.6 Å². The fourth-order valence-electron chi connectivity index (χ4n) is 0.216. The van der Waals surface area contributed by atoms with Crippen molar-refractivity contribution in [3.05, 3.63) is 0 Å². The van der Waals surface area contributed by atoms with Gasteiger partial charge in [-0.05, 0) is 0 Å². The Labute approximate surface area is 83.4 Å². The van der Waals surface area contributed by atoms with Crippen LogP contribution in [0.5, 0.6) is 0 Å². The van der Waals surface area contributed by atoms with Crippen LogP contribution in [0.4, 0.5) is 17.6 Å². The Balaban J connectivity index is 0. The molecule has 0 saturated heterocycles. The first-order chi connectivity index (χ1) is 5.15. The van der Waals surface area contributed by atoms with Gasteiger partial charge < -0.3 is 0 Å². The summed E-state index contributed by atoms with van der Waals surface area (Å²) in [4.78, 5) is 0. The molecule has 0 atom stereocenters. The summed E-state index contributed by atoms with van der Waals surface area (Å²) < 4.78 is 76.3. The van der Waals surface area contributed by atoms with Crippen molar-refractivity contribution in [1.82, 2.24) is 0 Å². The van der Waals surface area contributed by atoms with E-state index >= 15 is 0 Å². The summed E-state index contributed by atoms with van der Waals surface area (Å²) in [6.45, 7) is -2.08. The average Bonchev–Trinajstić information content (AvgIpc) is 1.82. The first kappa shape index (κ1) is 15.7. The molecule has 0 aromatic rings. The van der Waals surface area contributed by atoms with Crippen molar-refractivity contribution in [1.29, 1.82) is 0 Å². The summed E-state index contributed by atoms with van der Waals surface area (Å²) in [5.74, 6) is -4.59. The van der Waals surface area contributed by atoms with Gasteiger partial charge in [0.05, 0.1) is 0 Å². The molecule has 0 bridgehead atoms. The van der Waals surface area contributed by atoms with E-state index in [1.807, 2.05) is 0 Å². The van der Waals surface area contributed by atoms with Crippen LogP contribution in [0.25, 0.3) is 0 Å². The van der Waals surface area contributed by atoms with Gasteiger partial charge in [-0.1, -0.05) is 0 Å². The topological polar surface area (TPSA) is 63.6 Å². The molecule has 10 heteroatoms. The van der Waals surface area contributed by atoms with E-state index in [-0.39, 0.29) is 18.9 Å². The summed E-state index contributed by atoms with van der Waals surface area (Å²) in [5.41, 5.74) is 0. The van der Waals surface area contributed by atoms with Gasteiger partial charge in [0.25, 0.3) is 0 Å². The molecule has 76 valence electrons. The van der Waals surface area contributed by atoms with Crippen molar-refractivity contribution in [3.8, 4) is 0 Å². The zero-order valence-corrected chi connectivity index (χ0v) is 6.19. The van der Waals surface area contributed by atoms with Gasteiger partial charge in [0.2, 0.25) is 0 Å². The Morgan fingerprint density at radius 2 is 1.77 bits per heavy atom. The van der Waals surface area contributed by atoms with Crippen molar-refractivity contribution in [2.75, 3.05) is 6.61 Å². The van der Waals surface area contributed by atoms with Crippen molar-refractivity contribution in [3.63, 3.8) is 0 Å². The summed E-state index contributed by atoms with van der Waals surface area (Å²) in [5, 5.41) is 0. The summed E-state index contributed by atoms with van der Waals surface area (Å²) in [6.07, 6.45) is -4.04. The third-order valence-electron chi connectivity index (χ3n) is 0.720. The van der Waals surface area contributed by atoms with Crippen LogP contribution in [0.15, 0.2) is 0 Å². The molecule has 1 N–H and O–H groups in total. The maximum atomic E-state index is 11.8. The van der Waals surface area contributed by atoms with E-state index in [0.29, 0.717) is 0 Å². The predicted molar refractivity (Wildman–Crippen MR) is 35.6 cm³/mol. The zero-order chi connectivity index (χ0) is 9.99. The number of rotatable bonds is 4. The summed E-state index contributed by atoms with van der Waals surface area (Å²) >= 11 is 0. The quantitative estimate of drug-likeness (QED) is 0.413. The Morgan fingerprint density at radius 3 is 2.00 bits per heavy atom. The van der Waals surface area contributed by atoms with E-state index in [4.69, 9.17) is 4.55 Å². The second-order valence-electron chi connectivity index (χ2n) is 1.75. The van der Waals surface area contributed by atoms with Crippen molar-refractivity contribution in [2.45, 2.75) is 12.3 Å². The molecular weight excluding hydrogens is 215 g/mol. The molecule has 0 aliphatic carbocycles. The second kappa shape index (κ2) is 5.16. The second-order valence-corrected chi connectivity index (χ2v) is 2.84. The van der Waals surface area contributed by atoms with E-state index in [9.17, 15) is 26.0 Å². The van der Waals surface area contributed by atoms with Crippen LogP contribution in [-0.4, -0.2) is 50.8 Å². The van der Waals surface area contributed by atoms with E-state index in [1.54, 1.807) is 0 Å². The van der Waals surface area contributed by atoms with E-state index in [1.165, 1.54) is 0 Å². The van der Waals surface area contributed by atoms with E-state index in [2.05, 4.69) is 4.18 Å². The summed E-state index contributed by atoms with van der Waals surface area (Å²) in [7, 11) is -5.10. The Bertz CT molecular complexity index is 240. The number of alkyl halides is 4. The first-order valence-corrected chi connectivity index (χ1v) is 3.79. The van der Waals surface area contributed by atoms with Gasteiger partial charge in [0.15, 0.2) is 0 Å². The molecule has 0 spiro atoms. The zero-order valence-electron chi connectivity index (χ0n) is 5.38. The number of halogens is 4. The van der Waals surface area contributed by atoms with Crippen LogP contribution >= 0.6 is 0 Å². The normalized spacial score (nSPS) is 12.8. The van der Waals surface area contributed by atoms with Gasteiger partial charge in [-0.3, -0.25) is 4.55 Å². The van der Waals surface area contributed by atoms with Crippen LogP contribution in [0.1, 0.15) is 0 Å². The van der Waals surface area contributed by atoms with Gasteiger partial charge in [-0.25, -0.2) is 13.0 Å². The number of hydrogen-bond acceptors (Lipinski definition) is 3. The Hall–Kier alpha value is 0.187. The summed E-state index contributed by atoms with van der Waals surface area (Å²) in [6, 6.07) is 0. The molecule has 0 aromatic carbocycles. The van der Waals surface area contributed by atoms with Gasteiger partial charge in [-0.15, -0.1) is 0 Å². The van der Waals surface area contributed by atoms with E-state index in [0.717, 1.165) is 0 Å². The van der Waals surface area contributed by atoms with Crippen LogP contribution in [0, 0.1) is 0 Å². The molecule has 4 nitrogen and oxygen atoms in total. The molecule has 0 rings (SSSR count). The van der Waals surface area contributed by atoms with Crippen molar-refractivity contribution in [2.24, 2.45) is 0 Å². The third-order valence-corrected chi connectivity index (χ3v) is 1.14. The minimum absolute atomic E-state index is 0. The fourth-order valence-corrected chi connectivity index (χ4v) is 0.522. The monoisotopic (exact) mass is 220 g/mol. The van der Waals surface area contributed by atoms with Gasteiger partial charge in [0, 0.05) is 0 Å². The Morgan fingerprint density at radius 1 is 1.38 bits per heavy atom. The van der Waals surface area contributed by atoms with Gasteiger partial charge in [0.1, 0.15) is 6.61 Å². The molecule has 0 radical (unpaired) electrons. The molecule has 0 aliphatic rings. The predicted octanol–water partition coefficient (Wildman–Crippen LogP) is 0.0577. The maximum absolute atomic E-state index is 11.8. The standard InChI is InChI=1S/C3H4F4O4S.Li.H/c4-2(5)3(6,7)1-11-12(8,9)10;;/h2H,1H2,(H,8,9,10);;. The van der Waals surface area contributed by atoms with Crippen molar-refractivity contribution >= 4 is 29.3 Å². The third kappa shape index (κ3) is 7.27. The molecule has 0 fully saturated rings. The Kier molecular flexibility index (Phi) is 6.22. The van der Waals surface area contributed by atoms with Gasteiger partial charge in [-0.2, -0.15) is 17.2 Å². The molecule has 0 amide bonds. The SMILES string of the molecule is O=S(=O)(O)OCC(F)(F)C(F)F.[LiH].